The number of aryl methyl sites for hydroxylation is 3. The lowest BCUT2D eigenvalue weighted by atomic mass is 9.91. The molecule has 25 heavy (non-hydrogen) atoms. The van der Waals surface area contributed by atoms with Crippen molar-refractivity contribution in [2.24, 2.45) is 0 Å². The van der Waals surface area contributed by atoms with Crippen molar-refractivity contribution in [3.05, 3.63) is 74.3 Å². The number of nitrogens with one attached hydrogen (secondary N) is 1. The monoisotopic (exact) mass is 338 g/mol. The van der Waals surface area contributed by atoms with E-state index < -0.39 is 0 Å². The van der Waals surface area contributed by atoms with Crippen molar-refractivity contribution in [2.75, 3.05) is 12.4 Å². The summed E-state index contributed by atoms with van der Waals surface area (Å²) in [6.45, 7) is 6.39. The van der Waals surface area contributed by atoms with E-state index in [0.717, 1.165) is 5.56 Å². The van der Waals surface area contributed by atoms with Gasteiger partial charge in [-0.1, -0.05) is 29.3 Å². The van der Waals surface area contributed by atoms with Gasteiger partial charge in [-0.15, -0.1) is 0 Å². The fourth-order valence-electron chi connectivity index (χ4n) is 3.03. The maximum Gasteiger partial charge on any atom is 0.269 e. The fourth-order valence-corrected chi connectivity index (χ4v) is 3.03. The number of benzene rings is 2. The van der Waals surface area contributed by atoms with E-state index in [1.165, 1.54) is 47.2 Å². The van der Waals surface area contributed by atoms with Gasteiger partial charge in [0.2, 0.25) is 0 Å². The van der Waals surface area contributed by atoms with Crippen molar-refractivity contribution < 1.29 is 4.92 Å². The van der Waals surface area contributed by atoms with E-state index in [2.05, 4.69) is 44.3 Å². The highest BCUT2D eigenvalue weighted by atomic mass is 16.6. The second-order valence-electron chi connectivity index (χ2n) is 6.53. The molecule has 1 fully saturated rings. The third-order valence-corrected chi connectivity index (χ3v) is 4.40. The highest BCUT2D eigenvalue weighted by Gasteiger charge is 2.08. The Morgan fingerprint density at radius 1 is 1.04 bits per heavy atom. The SMILES string of the molecule is CNc1c(C)cc(C)cc1C.O=[N+]([O-])c1ccc(C=C2CCC2)cc1. The molecule has 2 aromatic rings. The Balaban J connectivity index is 0.000000186. The summed E-state index contributed by atoms with van der Waals surface area (Å²) in [6, 6.07) is 11.1. The van der Waals surface area contributed by atoms with Gasteiger partial charge >= 0.3 is 0 Å². The molecule has 0 radical (unpaired) electrons. The van der Waals surface area contributed by atoms with Crippen molar-refractivity contribution >= 4 is 17.5 Å². The second-order valence-corrected chi connectivity index (χ2v) is 6.53. The van der Waals surface area contributed by atoms with E-state index >= 15 is 0 Å². The van der Waals surface area contributed by atoms with Crippen LogP contribution in [0.3, 0.4) is 0 Å². The maximum absolute atomic E-state index is 10.4. The van der Waals surface area contributed by atoms with Gasteiger partial charge in [0.15, 0.2) is 0 Å². The Kier molecular flexibility index (Phi) is 6.34. The number of non-ortho nitro benzene ring substituents is 1. The molecule has 1 aliphatic rings. The first kappa shape index (κ1) is 18.7. The molecule has 2 aromatic carbocycles. The molecule has 0 heterocycles. The predicted octanol–water partition coefficient (Wildman–Crippen LogP) is 5.82. The average Bonchev–Trinajstić information content (AvgIpc) is 2.51. The van der Waals surface area contributed by atoms with Crippen molar-refractivity contribution in [1.82, 2.24) is 0 Å². The van der Waals surface area contributed by atoms with E-state index in [0.29, 0.717) is 0 Å². The molecule has 0 unspecified atom stereocenters. The highest BCUT2D eigenvalue weighted by Crippen LogP contribution is 2.27. The number of allylic oxidation sites excluding steroid dienone is 1. The van der Waals surface area contributed by atoms with Crippen LogP contribution >= 0.6 is 0 Å². The van der Waals surface area contributed by atoms with Gasteiger partial charge in [0.05, 0.1) is 4.92 Å². The standard InChI is InChI=1S/C11H11NO2.C10H15N/c13-12(14)11-6-4-10(5-7-11)8-9-2-1-3-9;1-7-5-8(2)10(11-4)9(3)6-7/h4-8H,1-3H2;5-6,11H,1-4H3. The Bertz CT molecular complexity index is 748. The highest BCUT2D eigenvalue weighted by molar-refractivity contribution is 5.57. The number of hydrogen-bond acceptors (Lipinski definition) is 3. The topological polar surface area (TPSA) is 55.2 Å². The van der Waals surface area contributed by atoms with Gasteiger partial charge < -0.3 is 5.32 Å². The minimum absolute atomic E-state index is 0.153. The zero-order valence-corrected chi connectivity index (χ0v) is 15.4. The van der Waals surface area contributed by atoms with Gasteiger partial charge in [-0.3, -0.25) is 10.1 Å². The first-order valence-corrected chi connectivity index (χ1v) is 8.60. The molecule has 1 N–H and O–H groups in total. The summed E-state index contributed by atoms with van der Waals surface area (Å²) in [5.41, 5.74) is 7.90. The first-order chi connectivity index (χ1) is 11.9. The minimum atomic E-state index is -0.375. The van der Waals surface area contributed by atoms with E-state index in [-0.39, 0.29) is 10.6 Å². The molecule has 0 aliphatic heterocycles. The molecule has 4 nitrogen and oxygen atoms in total. The van der Waals surface area contributed by atoms with Crippen LogP contribution in [0.1, 0.15) is 41.5 Å². The van der Waals surface area contributed by atoms with Crippen LogP contribution in [0.4, 0.5) is 11.4 Å². The lowest BCUT2D eigenvalue weighted by molar-refractivity contribution is -0.384. The molecule has 1 saturated carbocycles. The summed E-state index contributed by atoms with van der Waals surface area (Å²) in [4.78, 5) is 10.0. The Hall–Kier alpha value is -2.62. The lowest BCUT2D eigenvalue weighted by Gasteiger charge is -2.15. The van der Waals surface area contributed by atoms with Gasteiger partial charge in [-0.05, 0) is 68.9 Å². The van der Waals surface area contributed by atoms with Gasteiger partial charge in [0, 0.05) is 24.9 Å². The number of nitro groups is 1. The number of nitro benzene ring substituents is 1. The molecule has 0 aromatic heterocycles. The van der Waals surface area contributed by atoms with Crippen LogP contribution in [0.25, 0.3) is 6.08 Å². The average molecular weight is 338 g/mol. The van der Waals surface area contributed by atoms with E-state index in [9.17, 15) is 10.1 Å². The largest absolute Gasteiger partial charge is 0.388 e. The van der Waals surface area contributed by atoms with Crippen molar-refractivity contribution in [3.63, 3.8) is 0 Å². The molecule has 132 valence electrons. The van der Waals surface area contributed by atoms with Gasteiger partial charge in [-0.25, -0.2) is 0 Å². The third-order valence-electron chi connectivity index (χ3n) is 4.40. The Labute approximate surface area is 149 Å². The van der Waals surface area contributed by atoms with Crippen LogP contribution in [0, 0.1) is 30.9 Å². The molecular formula is C21H26N2O2. The number of anilines is 1. The molecule has 0 saturated heterocycles. The maximum atomic E-state index is 10.4. The molecule has 0 spiro atoms. The third kappa shape index (κ3) is 5.18. The zero-order chi connectivity index (χ0) is 18.4. The van der Waals surface area contributed by atoms with Gasteiger partial charge in [0.25, 0.3) is 5.69 Å². The summed E-state index contributed by atoms with van der Waals surface area (Å²) < 4.78 is 0. The van der Waals surface area contributed by atoms with Crippen molar-refractivity contribution in [3.8, 4) is 0 Å². The normalized spacial score (nSPS) is 12.6. The summed E-state index contributed by atoms with van der Waals surface area (Å²) in [6.07, 6.45) is 5.75. The fraction of sp³-hybridized carbons (Fsp3) is 0.333. The van der Waals surface area contributed by atoms with Crippen LogP contribution in [0.5, 0.6) is 0 Å². The van der Waals surface area contributed by atoms with E-state index in [1.54, 1.807) is 24.3 Å². The van der Waals surface area contributed by atoms with Crippen LogP contribution in [0.15, 0.2) is 42.0 Å². The van der Waals surface area contributed by atoms with E-state index in [1.807, 2.05) is 7.05 Å². The summed E-state index contributed by atoms with van der Waals surface area (Å²) in [7, 11) is 1.96. The van der Waals surface area contributed by atoms with Crippen LogP contribution in [-0.4, -0.2) is 12.0 Å². The number of rotatable bonds is 3. The van der Waals surface area contributed by atoms with Gasteiger partial charge in [-0.2, -0.15) is 0 Å². The molecule has 0 amide bonds. The molecule has 0 bridgehead atoms. The van der Waals surface area contributed by atoms with Gasteiger partial charge in [0.1, 0.15) is 0 Å². The Morgan fingerprint density at radius 2 is 1.60 bits per heavy atom. The smallest absolute Gasteiger partial charge is 0.269 e. The minimum Gasteiger partial charge on any atom is -0.388 e. The quantitative estimate of drug-likeness (QED) is 0.567. The zero-order valence-electron chi connectivity index (χ0n) is 15.4. The van der Waals surface area contributed by atoms with Crippen LogP contribution in [-0.2, 0) is 0 Å². The van der Waals surface area contributed by atoms with Crippen LogP contribution < -0.4 is 5.32 Å². The lowest BCUT2D eigenvalue weighted by Crippen LogP contribution is -1.95. The molecule has 0 atom stereocenters. The van der Waals surface area contributed by atoms with Crippen molar-refractivity contribution in [2.45, 2.75) is 40.0 Å². The van der Waals surface area contributed by atoms with E-state index in [4.69, 9.17) is 0 Å². The molecule has 3 rings (SSSR count). The summed E-state index contributed by atoms with van der Waals surface area (Å²) in [5.74, 6) is 0. The predicted molar refractivity (Wildman–Crippen MR) is 105 cm³/mol. The summed E-state index contributed by atoms with van der Waals surface area (Å²) >= 11 is 0. The second kappa shape index (κ2) is 8.47. The molecule has 1 aliphatic carbocycles. The first-order valence-electron chi connectivity index (χ1n) is 8.60. The summed E-state index contributed by atoms with van der Waals surface area (Å²) in [5, 5.41) is 13.6. The Morgan fingerprint density at radius 3 is 2.00 bits per heavy atom. The van der Waals surface area contributed by atoms with Crippen LogP contribution in [0.2, 0.25) is 0 Å². The number of nitrogens with zero attached hydrogens (tertiary/aromatic N) is 1. The molecule has 4 heteroatoms. The number of hydrogen-bond donors (Lipinski definition) is 1. The van der Waals surface area contributed by atoms with Crippen molar-refractivity contribution in [1.29, 1.82) is 0 Å². The molecular weight excluding hydrogens is 312 g/mol.